The van der Waals surface area contributed by atoms with Crippen molar-refractivity contribution in [2.24, 2.45) is 0 Å². The van der Waals surface area contributed by atoms with Gasteiger partial charge in [0.2, 0.25) is 0 Å². The maximum Gasteiger partial charge on any atom is 0.131 e. The van der Waals surface area contributed by atoms with Crippen LogP contribution in [0.5, 0.6) is 17.2 Å². The summed E-state index contributed by atoms with van der Waals surface area (Å²) in [5.74, 6) is 2.40. The Bertz CT molecular complexity index is 718. The fraction of sp³-hybridized carbons (Fsp3) is 0.100. The molecule has 0 N–H and O–H groups in total. The summed E-state index contributed by atoms with van der Waals surface area (Å²) in [5.41, 5.74) is 2.36. The molecule has 2 nitrogen and oxygen atoms in total. The molecule has 0 aliphatic rings. The molecule has 0 heterocycles. The second-order valence-electron chi connectivity index (χ2n) is 5.16. The van der Waals surface area contributed by atoms with E-state index in [0.29, 0.717) is 6.61 Å². The van der Waals surface area contributed by atoms with Crippen LogP contribution in [0.3, 0.4) is 0 Å². The van der Waals surface area contributed by atoms with Crippen molar-refractivity contribution in [1.82, 2.24) is 0 Å². The zero-order chi connectivity index (χ0) is 15.2. The van der Waals surface area contributed by atoms with Gasteiger partial charge in [-0.25, -0.2) is 0 Å². The van der Waals surface area contributed by atoms with Gasteiger partial charge in [-0.3, -0.25) is 0 Å². The average molecular weight is 290 g/mol. The van der Waals surface area contributed by atoms with Gasteiger partial charge in [0.1, 0.15) is 23.9 Å². The minimum absolute atomic E-state index is 0.550. The van der Waals surface area contributed by atoms with Crippen LogP contribution >= 0.6 is 0 Å². The average Bonchev–Trinajstić information content (AvgIpc) is 2.57. The van der Waals surface area contributed by atoms with Gasteiger partial charge < -0.3 is 9.47 Å². The van der Waals surface area contributed by atoms with Crippen molar-refractivity contribution >= 4 is 0 Å². The van der Waals surface area contributed by atoms with Gasteiger partial charge in [0.25, 0.3) is 0 Å². The molecule has 3 aromatic carbocycles. The van der Waals surface area contributed by atoms with Crippen molar-refractivity contribution in [3.05, 3.63) is 90.0 Å². The number of benzene rings is 3. The van der Waals surface area contributed by atoms with E-state index in [-0.39, 0.29) is 0 Å². The molecule has 0 aliphatic heterocycles. The summed E-state index contributed by atoms with van der Waals surface area (Å²) < 4.78 is 11.7. The lowest BCUT2D eigenvalue weighted by Crippen LogP contribution is -1.95. The first kappa shape index (κ1) is 14.2. The van der Waals surface area contributed by atoms with Crippen LogP contribution in [0.15, 0.2) is 78.9 Å². The highest BCUT2D eigenvalue weighted by Crippen LogP contribution is 2.25. The second kappa shape index (κ2) is 6.81. The Morgan fingerprint density at radius 1 is 0.682 bits per heavy atom. The van der Waals surface area contributed by atoms with E-state index in [2.05, 4.69) is 6.92 Å². The van der Waals surface area contributed by atoms with Crippen molar-refractivity contribution in [2.75, 3.05) is 0 Å². The van der Waals surface area contributed by atoms with Gasteiger partial charge in [-0.2, -0.15) is 0 Å². The Kier molecular flexibility index (Phi) is 4.40. The van der Waals surface area contributed by atoms with Crippen LogP contribution in [-0.4, -0.2) is 0 Å². The van der Waals surface area contributed by atoms with E-state index in [1.54, 1.807) is 0 Å². The molecule has 0 fully saturated rings. The molecule has 0 saturated heterocycles. The molecule has 110 valence electrons. The molecule has 0 aromatic heterocycles. The molecule has 0 amide bonds. The maximum absolute atomic E-state index is 5.85. The molecule has 0 atom stereocenters. The molecule has 0 bridgehead atoms. The minimum Gasteiger partial charge on any atom is -0.489 e. The van der Waals surface area contributed by atoms with Crippen LogP contribution in [-0.2, 0) is 6.61 Å². The predicted molar refractivity (Wildman–Crippen MR) is 88.5 cm³/mol. The van der Waals surface area contributed by atoms with Crippen molar-refractivity contribution in [1.29, 1.82) is 0 Å². The Morgan fingerprint density at radius 3 is 2.18 bits per heavy atom. The number of hydrogen-bond acceptors (Lipinski definition) is 2. The van der Waals surface area contributed by atoms with E-state index in [1.807, 2.05) is 78.9 Å². The van der Waals surface area contributed by atoms with Crippen LogP contribution in [0.1, 0.15) is 11.1 Å². The Balaban J connectivity index is 1.66. The minimum atomic E-state index is 0.550. The second-order valence-corrected chi connectivity index (χ2v) is 5.16. The normalized spacial score (nSPS) is 10.2. The number of ether oxygens (including phenoxy) is 2. The van der Waals surface area contributed by atoms with Crippen molar-refractivity contribution in [3.63, 3.8) is 0 Å². The van der Waals surface area contributed by atoms with Gasteiger partial charge in [-0.05, 0) is 36.8 Å². The Morgan fingerprint density at radius 2 is 1.41 bits per heavy atom. The largest absolute Gasteiger partial charge is 0.489 e. The van der Waals surface area contributed by atoms with Gasteiger partial charge in [-0.1, -0.05) is 54.1 Å². The first-order valence-corrected chi connectivity index (χ1v) is 7.31. The standard InChI is InChI=1S/C20H18O2/c1-16-10-12-18(13-11-16)22-20-9-5-8-19(14-20)21-15-17-6-3-2-4-7-17/h2-14H,15H2,1H3. The summed E-state index contributed by atoms with van der Waals surface area (Å²) in [5, 5.41) is 0. The molecule has 0 unspecified atom stereocenters. The molecule has 0 aliphatic carbocycles. The zero-order valence-electron chi connectivity index (χ0n) is 12.5. The molecular formula is C20H18O2. The molecule has 0 saturated carbocycles. The lowest BCUT2D eigenvalue weighted by atomic mass is 10.2. The first-order chi connectivity index (χ1) is 10.8. The fourth-order valence-electron chi connectivity index (χ4n) is 2.11. The van der Waals surface area contributed by atoms with Crippen LogP contribution in [0.4, 0.5) is 0 Å². The summed E-state index contributed by atoms with van der Waals surface area (Å²) in [7, 11) is 0. The SMILES string of the molecule is Cc1ccc(Oc2cccc(OCc3ccccc3)c2)cc1. The highest BCUT2D eigenvalue weighted by atomic mass is 16.5. The molecule has 3 aromatic rings. The molecule has 0 radical (unpaired) electrons. The highest BCUT2D eigenvalue weighted by molar-refractivity contribution is 5.37. The number of aryl methyl sites for hydroxylation is 1. The molecule has 22 heavy (non-hydrogen) atoms. The quantitative estimate of drug-likeness (QED) is 0.629. The molecular weight excluding hydrogens is 272 g/mol. The van der Waals surface area contributed by atoms with Gasteiger partial charge in [-0.15, -0.1) is 0 Å². The monoisotopic (exact) mass is 290 g/mol. The van der Waals surface area contributed by atoms with Crippen LogP contribution in [0.2, 0.25) is 0 Å². The molecule has 3 rings (SSSR count). The summed E-state index contributed by atoms with van der Waals surface area (Å²) in [6, 6.07) is 25.8. The first-order valence-electron chi connectivity index (χ1n) is 7.31. The van der Waals surface area contributed by atoms with E-state index in [9.17, 15) is 0 Å². The third-order valence-corrected chi connectivity index (χ3v) is 3.31. The van der Waals surface area contributed by atoms with Crippen LogP contribution in [0, 0.1) is 6.92 Å². The lowest BCUT2D eigenvalue weighted by molar-refractivity contribution is 0.304. The van der Waals surface area contributed by atoms with Crippen molar-refractivity contribution < 1.29 is 9.47 Å². The smallest absolute Gasteiger partial charge is 0.131 e. The number of hydrogen-bond donors (Lipinski definition) is 0. The van der Waals surface area contributed by atoms with E-state index in [4.69, 9.17) is 9.47 Å². The number of rotatable bonds is 5. The Hall–Kier alpha value is -2.74. The highest BCUT2D eigenvalue weighted by Gasteiger charge is 2.01. The summed E-state index contributed by atoms with van der Waals surface area (Å²) in [4.78, 5) is 0. The van der Waals surface area contributed by atoms with E-state index < -0.39 is 0 Å². The Labute approximate surface area is 131 Å². The fourth-order valence-corrected chi connectivity index (χ4v) is 2.11. The van der Waals surface area contributed by atoms with E-state index >= 15 is 0 Å². The topological polar surface area (TPSA) is 18.5 Å². The summed E-state index contributed by atoms with van der Waals surface area (Å²) in [6.45, 7) is 2.61. The predicted octanol–water partition coefficient (Wildman–Crippen LogP) is 5.37. The summed E-state index contributed by atoms with van der Waals surface area (Å²) >= 11 is 0. The van der Waals surface area contributed by atoms with Gasteiger partial charge in [0.15, 0.2) is 0 Å². The third kappa shape index (κ3) is 3.89. The van der Waals surface area contributed by atoms with Crippen molar-refractivity contribution in [2.45, 2.75) is 13.5 Å². The van der Waals surface area contributed by atoms with Gasteiger partial charge in [0, 0.05) is 6.07 Å². The molecule has 2 heteroatoms. The van der Waals surface area contributed by atoms with Crippen LogP contribution in [0.25, 0.3) is 0 Å². The zero-order valence-corrected chi connectivity index (χ0v) is 12.5. The summed E-state index contributed by atoms with van der Waals surface area (Å²) in [6.07, 6.45) is 0. The van der Waals surface area contributed by atoms with E-state index in [1.165, 1.54) is 5.56 Å². The van der Waals surface area contributed by atoms with Crippen molar-refractivity contribution in [3.8, 4) is 17.2 Å². The van der Waals surface area contributed by atoms with Gasteiger partial charge in [0.05, 0.1) is 0 Å². The van der Waals surface area contributed by atoms with E-state index in [0.717, 1.165) is 22.8 Å². The third-order valence-electron chi connectivity index (χ3n) is 3.31. The lowest BCUT2D eigenvalue weighted by Gasteiger charge is -2.09. The molecule has 0 spiro atoms. The van der Waals surface area contributed by atoms with Gasteiger partial charge >= 0.3 is 0 Å². The maximum atomic E-state index is 5.85. The van der Waals surface area contributed by atoms with Crippen LogP contribution < -0.4 is 9.47 Å².